The molecule has 0 unspecified atom stereocenters. The van der Waals surface area contributed by atoms with Gasteiger partial charge in [0.25, 0.3) is 0 Å². The predicted molar refractivity (Wildman–Crippen MR) is 106 cm³/mol. The summed E-state index contributed by atoms with van der Waals surface area (Å²) >= 11 is 0. The number of ether oxygens (including phenoxy) is 1. The number of aliphatic hydroxyl groups is 2. The zero-order valence-electron chi connectivity index (χ0n) is 16.4. The van der Waals surface area contributed by atoms with Crippen molar-refractivity contribution in [2.45, 2.75) is 43.9 Å². The Balaban J connectivity index is 1.46. The number of hydrogen-bond acceptors (Lipinski definition) is 5. The molecule has 1 amide bonds. The van der Waals surface area contributed by atoms with Crippen molar-refractivity contribution in [3.05, 3.63) is 71.5 Å². The highest BCUT2D eigenvalue weighted by Crippen LogP contribution is 2.24. The van der Waals surface area contributed by atoms with E-state index < -0.39 is 24.4 Å². The first-order chi connectivity index (χ1) is 13.9. The molecule has 1 aliphatic rings. The minimum atomic E-state index is -1.12. The van der Waals surface area contributed by atoms with Crippen molar-refractivity contribution in [3.8, 4) is 0 Å². The lowest BCUT2D eigenvalue weighted by Gasteiger charge is -2.21. The summed E-state index contributed by atoms with van der Waals surface area (Å²) in [5, 5.41) is 23.7. The molecule has 2 aromatic rings. The molecule has 2 aromatic carbocycles. The van der Waals surface area contributed by atoms with Crippen LogP contribution < -0.4 is 5.32 Å². The SMILES string of the molecule is CN(Cc1ccccc1)C(=O)C[C@H]1O[C@H](CNCc2ccc(F)cc2)[C@@H](O)[C@H]1O. The molecule has 0 radical (unpaired) electrons. The summed E-state index contributed by atoms with van der Waals surface area (Å²) in [6.07, 6.45) is -3.58. The van der Waals surface area contributed by atoms with Gasteiger partial charge in [-0.15, -0.1) is 0 Å². The molecule has 0 aromatic heterocycles. The number of benzene rings is 2. The second-order valence-corrected chi connectivity index (χ2v) is 7.39. The largest absolute Gasteiger partial charge is 0.388 e. The van der Waals surface area contributed by atoms with E-state index in [0.717, 1.165) is 11.1 Å². The lowest BCUT2D eigenvalue weighted by molar-refractivity contribution is -0.134. The Morgan fingerprint density at radius 1 is 1.03 bits per heavy atom. The average molecular weight is 402 g/mol. The molecule has 29 heavy (non-hydrogen) atoms. The van der Waals surface area contributed by atoms with Crippen molar-refractivity contribution >= 4 is 5.91 Å². The smallest absolute Gasteiger partial charge is 0.225 e. The van der Waals surface area contributed by atoms with E-state index in [4.69, 9.17) is 4.74 Å². The summed E-state index contributed by atoms with van der Waals surface area (Å²) < 4.78 is 18.7. The normalized spacial score (nSPS) is 23.9. The lowest BCUT2D eigenvalue weighted by atomic mass is 10.0. The molecule has 0 aliphatic carbocycles. The Bertz CT molecular complexity index is 787. The fourth-order valence-corrected chi connectivity index (χ4v) is 3.40. The van der Waals surface area contributed by atoms with Crippen LogP contribution in [-0.2, 0) is 22.6 Å². The Labute approximate surface area is 169 Å². The topological polar surface area (TPSA) is 82.0 Å². The monoisotopic (exact) mass is 402 g/mol. The number of aliphatic hydroxyl groups excluding tert-OH is 2. The number of carbonyl (C=O) groups excluding carboxylic acids is 1. The number of nitrogens with zero attached hydrogens (tertiary/aromatic N) is 1. The Hall–Kier alpha value is -2.32. The maximum absolute atomic E-state index is 12.9. The third-order valence-corrected chi connectivity index (χ3v) is 5.11. The van der Waals surface area contributed by atoms with Crippen molar-refractivity contribution in [1.82, 2.24) is 10.2 Å². The molecule has 6 nitrogen and oxygen atoms in total. The molecular formula is C22H27FN2O4. The fraction of sp³-hybridized carbons (Fsp3) is 0.409. The summed E-state index contributed by atoms with van der Waals surface area (Å²) in [6, 6.07) is 15.7. The molecule has 7 heteroatoms. The molecule has 156 valence electrons. The van der Waals surface area contributed by atoms with Crippen LogP contribution in [0.1, 0.15) is 17.5 Å². The van der Waals surface area contributed by atoms with Crippen LogP contribution >= 0.6 is 0 Å². The molecule has 0 spiro atoms. The van der Waals surface area contributed by atoms with Gasteiger partial charge in [0.1, 0.15) is 18.0 Å². The summed E-state index contributed by atoms with van der Waals surface area (Å²) in [5.74, 6) is -0.457. The van der Waals surface area contributed by atoms with Crippen LogP contribution in [0.3, 0.4) is 0 Å². The van der Waals surface area contributed by atoms with E-state index >= 15 is 0 Å². The van der Waals surface area contributed by atoms with Crippen molar-refractivity contribution in [3.63, 3.8) is 0 Å². The molecular weight excluding hydrogens is 375 g/mol. The maximum Gasteiger partial charge on any atom is 0.225 e. The van der Waals surface area contributed by atoms with E-state index in [9.17, 15) is 19.4 Å². The average Bonchev–Trinajstić information content (AvgIpc) is 2.98. The van der Waals surface area contributed by atoms with Crippen LogP contribution in [0.4, 0.5) is 4.39 Å². The van der Waals surface area contributed by atoms with Crippen molar-refractivity contribution in [2.24, 2.45) is 0 Å². The Kier molecular flexibility index (Phi) is 7.33. The first-order valence-corrected chi connectivity index (χ1v) is 9.68. The van der Waals surface area contributed by atoms with E-state index in [1.165, 1.54) is 12.1 Å². The van der Waals surface area contributed by atoms with Gasteiger partial charge in [0.15, 0.2) is 0 Å². The second kappa shape index (κ2) is 9.93. The van der Waals surface area contributed by atoms with E-state index in [-0.39, 0.29) is 18.1 Å². The van der Waals surface area contributed by atoms with Crippen LogP contribution in [0.2, 0.25) is 0 Å². The summed E-state index contributed by atoms with van der Waals surface area (Å²) in [4.78, 5) is 14.1. The first kappa shape index (κ1) is 21.4. The molecule has 3 rings (SSSR count). The van der Waals surface area contributed by atoms with E-state index in [2.05, 4.69) is 5.32 Å². The third-order valence-electron chi connectivity index (χ3n) is 5.11. The fourth-order valence-electron chi connectivity index (χ4n) is 3.40. The maximum atomic E-state index is 12.9. The van der Waals surface area contributed by atoms with Crippen molar-refractivity contribution in [1.29, 1.82) is 0 Å². The van der Waals surface area contributed by atoms with Crippen LogP contribution in [0.25, 0.3) is 0 Å². The van der Waals surface area contributed by atoms with Gasteiger partial charge in [-0.3, -0.25) is 4.79 Å². The Morgan fingerprint density at radius 3 is 2.38 bits per heavy atom. The summed E-state index contributed by atoms with van der Waals surface area (Å²) in [5.41, 5.74) is 1.91. The van der Waals surface area contributed by atoms with Crippen LogP contribution in [0.5, 0.6) is 0 Å². The second-order valence-electron chi connectivity index (χ2n) is 7.39. The van der Waals surface area contributed by atoms with Gasteiger partial charge < -0.3 is 25.2 Å². The summed E-state index contributed by atoms with van der Waals surface area (Å²) in [6.45, 7) is 1.25. The third kappa shape index (κ3) is 5.83. The van der Waals surface area contributed by atoms with E-state index in [1.807, 2.05) is 30.3 Å². The number of hydrogen-bond donors (Lipinski definition) is 3. The molecule has 1 fully saturated rings. The van der Waals surface area contributed by atoms with Gasteiger partial charge >= 0.3 is 0 Å². The Morgan fingerprint density at radius 2 is 1.69 bits per heavy atom. The zero-order valence-corrected chi connectivity index (χ0v) is 16.4. The van der Waals surface area contributed by atoms with Gasteiger partial charge in [0, 0.05) is 26.7 Å². The lowest BCUT2D eigenvalue weighted by Crippen LogP contribution is -2.38. The zero-order chi connectivity index (χ0) is 20.8. The highest BCUT2D eigenvalue weighted by Gasteiger charge is 2.43. The highest BCUT2D eigenvalue weighted by atomic mass is 19.1. The van der Waals surface area contributed by atoms with Crippen molar-refractivity contribution in [2.75, 3.05) is 13.6 Å². The molecule has 1 heterocycles. The molecule has 1 saturated heterocycles. The van der Waals surface area contributed by atoms with Gasteiger partial charge in [-0.25, -0.2) is 4.39 Å². The summed E-state index contributed by atoms with van der Waals surface area (Å²) in [7, 11) is 1.70. The molecule has 0 bridgehead atoms. The van der Waals surface area contributed by atoms with Gasteiger partial charge in [-0.1, -0.05) is 42.5 Å². The number of nitrogens with one attached hydrogen (secondary N) is 1. The highest BCUT2D eigenvalue weighted by molar-refractivity contribution is 5.76. The van der Waals surface area contributed by atoms with Crippen molar-refractivity contribution < 1.29 is 24.1 Å². The van der Waals surface area contributed by atoms with Gasteiger partial charge in [-0.05, 0) is 23.3 Å². The van der Waals surface area contributed by atoms with E-state index in [1.54, 1.807) is 24.1 Å². The molecule has 4 atom stereocenters. The number of amides is 1. The first-order valence-electron chi connectivity index (χ1n) is 9.68. The van der Waals surface area contributed by atoms with E-state index in [0.29, 0.717) is 19.6 Å². The quantitative estimate of drug-likeness (QED) is 0.623. The number of halogens is 1. The molecule has 3 N–H and O–H groups in total. The van der Waals surface area contributed by atoms with Gasteiger partial charge in [0.05, 0.1) is 18.6 Å². The molecule has 1 aliphatic heterocycles. The number of carbonyl (C=O) groups is 1. The van der Waals surface area contributed by atoms with Crippen LogP contribution in [0.15, 0.2) is 54.6 Å². The van der Waals surface area contributed by atoms with Gasteiger partial charge in [0.2, 0.25) is 5.91 Å². The minimum absolute atomic E-state index is 0.00395. The van der Waals surface area contributed by atoms with Crippen LogP contribution in [0, 0.1) is 5.82 Å². The standard InChI is InChI=1S/C22H27FN2O4/c1-25(14-16-5-3-2-4-6-16)20(26)11-18-21(27)22(28)19(29-18)13-24-12-15-7-9-17(23)10-8-15/h2-10,18-19,21-22,24,27-28H,11-14H2,1H3/t18-,19-,21+,22-/m1/s1. The number of rotatable bonds is 8. The van der Waals surface area contributed by atoms with Gasteiger partial charge in [-0.2, -0.15) is 0 Å². The predicted octanol–water partition coefficient (Wildman–Crippen LogP) is 1.45. The van der Waals surface area contributed by atoms with Crippen LogP contribution in [-0.4, -0.2) is 59.0 Å². The molecule has 0 saturated carbocycles. The minimum Gasteiger partial charge on any atom is -0.388 e.